The molecule has 2 N–H and O–H groups in total. The van der Waals surface area contributed by atoms with Crippen LogP contribution in [0.15, 0.2) is 59.7 Å². The Labute approximate surface area is 228 Å². The number of piperazine rings is 1. The minimum Gasteiger partial charge on any atom is -0.379 e. The number of carbonyl (C=O) groups is 1. The fourth-order valence-electron chi connectivity index (χ4n) is 4.43. The van der Waals surface area contributed by atoms with Crippen LogP contribution in [0.5, 0.6) is 0 Å². The van der Waals surface area contributed by atoms with Crippen LogP contribution in [0.25, 0.3) is 0 Å². The van der Waals surface area contributed by atoms with Crippen molar-refractivity contribution in [3.05, 3.63) is 81.9 Å². The number of rotatable bonds is 10. The predicted molar refractivity (Wildman–Crippen MR) is 141 cm³/mol. The van der Waals surface area contributed by atoms with E-state index < -0.39 is 29.0 Å². The standard InChI is InChI=1S/C27H28F3N7O3/c28-27(29,30)25-22(17-33-35-26(25)39)34-21(14-19-4-2-1-3-5-19)18-40-13-8-24(38)37-11-9-36(10-12-37)23-7-6-20(15-31)16-32-23/h1-7,16-17,21H,8-14,18H2,(H2,34,35,39)/t21-/m0/s1. The first kappa shape index (κ1) is 28.6. The Hall–Kier alpha value is -4.44. The molecule has 3 aromatic rings. The highest BCUT2D eigenvalue weighted by Gasteiger charge is 2.37. The monoisotopic (exact) mass is 555 g/mol. The maximum Gasteiger partial charge on any atom is 0.423 e. The first-order valence-corrected chi connectivity index (χ1v) is 12.7. The topological polar surface area (TPSA) is 127 Å². The van der Waals surface area contributed by atoms with Crippen LogP contribution in [0.1, 0.15) is 23.1 Å². The normalized spacial score (nSPS) is 14.4. The van der Waals surface area contributed by atoms with Crippen LogP contribution < -0.4 is 15.8 Å². The summed E-state index contributed by atoms with van der Waals surface area (Å²) in [4.78, 5) is 32.7. The van der Waals surface area contributed by atoms with Gasteiger partial charge in [0.05, 0.1) is 43.1 Å². The first-order chi connectivity index (χ1) is 19.2. The van der Waals surface area contributed by atoms with Gasteiger partial charge < -0.3 is 19.9 Å². The summed E-state index contributed by atoms with van der Waals surface area (Å²) >= 11 is 0. The SMILES string of the molecule is N#Cc1ccc(N2CCN(C(=O)CCOC[C@H](Cc3ccccc3)Nc3cn[nH]c(=O)c3C(F)(F)F)CC2)nc1. The second-order valence-electron chi connectivity index (χ2n) is 9.23. The van der Waals surface area contributed by atoms with Gasteiger partial charge in [0.15, 0.2) is 0 Å². The lowest BCUT2D eigenvalue weighted by molar-refractivity contribution is -0.138. The molecule has 0 spiro atoms. The van der Waals surface area contributed by atoms with Gasteiger partial charge >= 0.3 is 6.18 Å². The zero-order chi connectivity index (χ0) is 28.5. The summed E-state index contributed by atoms with van der Waals surface area (Å²) in [6, 6.07) is 14.0. The van der Waals surface area contributed by atoms with E-state index in [9.17, 15) is 22.8 Å². The molecule has 210 valence electrons. The van der Waals surface area contributed by atoms with Crippen molar-refractivity contribution in [2.75, 3.05) is 49.6 Å². The second-order valence-corrected chi connectivity index (χ2v) is 9.23. The third-order valence-electron chi connectivity index (χ3n) is 6.44. The quantitative estimate of drug-likeness (QED) is 0.366. The molecule has 0 bridgehead atoms. The number of aromatic nitrogens is 3. The highest BCUT2D eigenvalue weighted by molar-refractivity contribution is 5.76. The van der Waals surface area contributed by atoms with Crippen LogP contribution in [0.4, 0.5) is 24.7 Å². The van der Waals surface area contributed by atoms with Crippen LogP contribution in [0.2, 0.25) is 0 Å². The van der Waals surface area contributed by atoms with Crippen molar-refractivity contribution in [2.24, 2.45) is 0 Å². The van der Waals surface area contributed by atoms with Gasteiger partial charge in [0.1, 0.15) is 17.5 Å². The Morgan fingerprint density at radius 1 is 1.12 bits per heavy atom. The van der Waals surface area contributed by atoms with Gasteiger partial charge in [0.2, 0.25) is 5.91 Å². The van der Waals surface area contributed by atoms with Crippen LogP contribution in [0.3, 0.4) is 0 Å². The van der Waals surface area contributed by atoms with Gasteiger partial charge in [-0.3, -0.25) is 9.59 Å². The molecule has 1 aliphatic rings. The molecule has 1 fully saturated rings. The smallest absolute Gasteiger partial charge is 0.379 e. The molecule has 1 aromatic carbocycles. The number of pyridine rings is 1. The number of aromatic amines is 1. The van der Waals surface area contributed by atoms with Crippen LogP contribution in [-0.4, -0.2) is 71.4 Å². The lowest BCUT2D eigenvalue weighted by atomic mass is 10.1. The molecular formula is C27H28F3N7O3. The maximum atomic E-state index is 13.5. The molecule has 1 amide bonds. The van der Waals surface area contributed by atoms with Crippen molar-refractivity contribution in [3.63, 3.8) is 0 Å². The molecule has 3 heterocycles. The van der Waals surface area contributed by atoms with Crippen molar-refractivity contribution in [2.45, 2.75) is 25.1 Å². The average Bonchev–Trinajstić information content (AvgIpc) is 2.95. The number of nitrogens with zero attached hydrogens (tertiary/aromatic N) is 5. The van der Waals surface area contributed by atoms with Crippen molar-refractivity contribution in [1.29, 1.82) is 5.26 Å². The molecule has 13 heteroatoms. The Kier molecular flexibility index (Phi) is 9.34. The number of ether oxygens (including phenoxy) is 1. The summed E-state index contributed by atoms with van der Waals surface area (Å²) in [5.41, 5.74) is -1.79. The molecule has 1 aliphatic heterocycles. The molecule has 10 nitrogen and oxygen atoms in total. The van der Waals surface area contributed by atoms with Gasteiger partial charge in [-0.15, -0.1) is 0 Å². The number of halogens is 3. The second kappa shape index (κ2) is 13.1. The van der Waals surface area contributed by atoms with Crippen LogP contribution in [0, 0.1) is 11.3 Å². The summed E-state index contributed by atoms with van der Waals surface area (Å²) in [6.07, 6.45) is -1.99. The number of nitriles is 1. The van der Waals surface area contributed by atoms with Crippen molar-refractivity contribution >= 4 is 17.4 Å². The highest BCUT2D eigenvalue weighted by atomic mass is 19.4. The third-order valence-corrected chi connectivity index (χ3v) is 6.44. The Morgan fingerprint density at radius 2 is 1.88 bits per heavy atom. The fraction of sp³-hybridized carbons (Fsp3) is 0.370. The van der Waals surface area contributed by atoms with E-state index in [2.05, 4.69) is 15.4 Å². The van der Waals surface area contributed by atoms with Gasteiger partial charge in [0.25, 0.3) is 5.56 Å². The Balaban J connectivity index is 1.30. The van der Waals surface area contributed by atoms with E-state index in [1.807, 2.05) is 46.4 Å². The molecule has 1 atom stereocenters. The van der Waals surface area contributed by atoms with Gasteiger partial charge in [0, 0.05) is 32.4 Å². The Morgan fingerprint density at radius 3 is 2.52 bits per heavy atom. The van der Waals surface area contributed by atoms with Gasteiger partial charge in [-0.1, -0.05) is 30.3 Å². The van der Waals surface area contributed by atoms with Gasteiger partial charge in [-0.2, -0.15) is 23.5 Å². The minimum atomic E-state index is -4.87. The summed E-state index contributed by atoms with van der Waals surface area (Å²) in [7, 11) is 0. The number of carbonyl (C=O) groups excluding carboxylic acids is 1. The number of anilines is 2. The largest absolute Gasteiger partial charge is 0.423 e. The maximum absolute atomic E-state index is 13.5. The molecule has 0 unspecified atom stereocenters. The molecular weight excluding hydrogens is 527 g/mol. The van der Waals surface area contributed by atoms with E-state index in [0.29, 0.717) is 38.2 Å². The van der Waals surface area contributed by atoms with Crippen molar-refractivity contribution in [3.8, 4) is 6.07 Å². The molecule has 1 saturated heterocycles. The van der Waals surface area contributed by atoms with Crippen molar-refractivity contribution in [1.82, 2.24) is 20.1 Å². The van der Waals surface area contributed by atoms with E-state index in [4.69, 9.17) is 10.00 Å². The number of H-pyrrole nitrogens is 1. The first-order valence-electron chi connectivity index (χ1n) is 12.7. The van der Waals surface area contributed by atoms with E-state index in [1.165, 1.54) is 6.20 Å². The third kappa shape index (κ3) is 7.57. The average molecular weight is 556 g/mol. The van der Waals surface area contributed by atoms with Crippen molar-refractivity contribution < 1.29 is 22.7 Å². The molecule has 0 radical (unpaired) electrons. The predicted octanol–water partition coefficient (Wildman–Crippen LogP) is 2.83. The summed E-state index contributed by atoms with van der Waals surface area (Å²) in [6.45, 7) is 2.30. The molecule has 4 rings (SSSR count). The number of hydrogen-bond acceptors (Lipinski definition) is 8. The highest BCUT2D eigenvalue weighted by Crippen LogP contribution is 2.31. The van der Waals surface area contributed by atoms with E-state index in [1.54, 1.807) is 17.0 Å². The Bertz CT molecular complexity index is 1370. The number of amides is 1. The zero-order valence-electron chi connectivity index (χ0n) is 21.5. The minimum absolute atomic E-state index is 0.00438. The number of nitrogens with one attached hydrogen (secondary N) is 2. The number of alkyl halides is 3. The van der Waals surface area contributed by atoms with E-state index in [0.717, 1.165) is 17.6 Å². The lowest BCUT2D eigenvalue weighted by Crippen LogP contribution is -2.49. The zero-order valence-corrected chi connectivity index (χ0v) is 21.5. The van der Waals surface area contributed by atoms with E-state index in [-0.39, 0.29) is 25.5 Å². The fourth-order valence-corrected chi connectivity index (χ4v) is 4.43. The van der Waals surface area contributed by atoms with Crippen LogP contribution >= 0.6 is 0 Å². The summed E-state index contributed by atoms with van der Waals surface area (Å²) in [5, 5.41) is 17.0. The summed E-state index contributed by atoms with van der Waals surface area (Å²) < 4.78 is 46.3. The lowest BCUT2D eigenvalue weighted by Gasteiger charge is -2.35. The van der Waals surface area contributed by atoms with E-state index >= 15 is 0 Å². The van der Waals surface area contributed by atoms with Gasteiger partial charge in [-0.25, -0.2) is 10.1 Å². The number of hydrogen-bond donors (Lipinski definition) is 2. The molecule has 40 heavy (non-hydrogen) atoms. The molecule has 0 saturated carbocycles. The summed E-state index contributed by atoms with van der Waals surface area (Å²) in [5.74, 6) is 0.661. The van der Waals surface area contributed by atoms with Gasteiger partial charge in [-0.05, 0) is 24.1 Å². The molecule has 2 aromatic heterocycles. The van der Waals surface area contributed by atoms with Crippen LogP contribution in [-0.2, 0) is 22.1 Å². The molecule has 0 aliphatic carbocycles. The number of benzene rings is 1.